The Morgan fingerprint density at radius 2 is 1.62 bits per heavy atom. The van der Waals surface area contributed by atoms with E-state index in [0.29, 0.717) is 29.0 Å². The van der Waals surface area contributed by atoms with Crippen molar-refractivity contribution < 1.29 is 27.9 Å². The number of carboxylic acids is 1. The summed E-state index contributed by atoms with van der Waals surface area (Å²) in [4.78, 5) is 26.8. The summed E-state index contributed by atoms with van der Waals surface area (Å²) in [6.07, 6.45) is -5.08. The predicted molar refractivity (Wildman–Crippen MR) is 149 cm³/mol. The fourth-order valence-corrected chi connectivity index (χ4v) is 4.63. The summed E-state index contributed by atoms with van der Waals surface area (Å²) in [5.74, 6) is -1.89. The van der Waals surface area contributed by atoms with Crippen LogP contribution in [0.15, 0.2) is 66.7 Å². The van der Waals surface area contributed by atoms with Gasteiger partial charge in [0.05, 0.1) is 23.4 Å². The quantitative estimate of drug-likeness (QED) is 0.263. The van der Waals surface area contributed by atoms with Crippen LogP contribution in [0.1, 0.15) is 48.7 Å². The third-order valence-corrected chi connectivity index (χ3v) is 6.26. The Balaban J connectivity index is 2.03. The van der Waals surface area contributed by atoms with Crippen LogP contribution in [0, 0.1) is 18.8 Å². The van der Waals surface area contributed by atoms with Gasteiger partial charge in [0.15, 0.2) is 0 Å². The van der Waals surface area contributed by atoms with E-state index in [1.54, 1.807) is 43.3 Å². The van der Waals surface area contributed by atoms with E-state index >= 15 is 0 Å². The first-order valence-electron chi connectivity index (χ1n) is 13.0. The lowest BCUT2D eigenvalue weighted by Gasteiger charge is -2.32. The number of hydrogen-bond acceptors (Lipinski definition) is 3. The fourth-order valence-electron chi connectivity index (χ4n) is 4.63. The van der Waals surface area contributed by atoms with Crippen molar-refractivity contribution in [2.45, 2.75) is 46.7 Å². The van der Waals surface area contributed by atoms with Gasteiger partial charge in [0.1, 0.15) is 0 Å². The number of rotatable bonds is 11. The maximum Gasteiger partial charge on any atom is 0.389 e. The standard InChI is InChI=1S/C31H35F3N2O3/c1-20(2)18-36(19-22(4)17-31(32,33)34)28-14-13-24(25-7-5-6-8-26(25)30(38)39)16-27(28)35-29(37)15-23-11-9-21(3)10-12-23/h5-14,16,20,22H,15,17-19H2,1-4H3,(H,35,37)(H,38,39). The normalized spacial score (nSPS) is 12.3. The molecule has 5 nitrogen and oxygen atoms in total. The molecule has 0 radical (unpaired) electrons. The molecule has 0 aliphatic rings. The first-order chi connectivity index (χ1) is 18.3. The second-order valence-electron chi connectivity index (χ2n) is 10.5. The highest BCUT2D eigenvalue weighted by Crippen LogP contribution is 2.35. The van der Waals surface area contributed by atoms with Gasteiger partial charge in [-0.15, -0.1) is 0 Å². The summed E-state index contributed by atoms with van der Waals surface area (Å²) < 4.78 is 39.4. The first-order valence-corrected chi connectivity index (χ1v) is 13.0. The highest BCUT2D eigenvalue weighted by atomic mass is 19.4. The van der Waals surface area contributed by atoms with Crippen LogP contribution in [0.4, 0.5) is 24.5 Å². The lowest BCUT2D eigenvalue weighted by molar-refractivity contribution is -0.142. The second-order valence-corrected chi connectivity index (χ2v) is 10.5. The van der Waals surface area contributed by atoms with Crippen LogP contribution in [0.3, 0.4) is 0 Å². The van der Waals surface area contributed by atoms with Gasteiger partial charge in [0.25, 0.3) is 0 Å². The lowest BCUT2D eigenvalue weighted by atomic mass is 9.98. The minimum absolute atomic E-state index is 0.111. The molecule has 3 aromatic rings. The van der Waals surface area contributed by atoms with E-state index in [9.17, 15) is 27.9 Å². The third-order valence-electron chi connectivity index (χ3n) is 6.26. The van der Waals surface area contributed by atoms with Crippen LogP contribution >= 0.6 is 0 Å². The summed E-state index contributed by atoms with van der Waals surface area (Å²) in [7, 11) is 0. The van der Waals surface area contributed by atoms with E-state index in [0.717, 1.165) is 11.1 Å². The number of halogens is 3. The molecule has 39 heavy (non-hydrogen) atoms. The molecule has 1 amide bonds. The van der Waals surface area contributed by atoms with Crippen LogP contribution < -0.4 is 10.2 Å². The number of nitrogens with one attached hydrogen (secondary N) is 1. The topological polar surface area (TPSA) is 69.6 Å². The molecule has 1 unspecified atom stereocenters. The number of hydrogen-bond donors (Lipinski definition) is 2. The molecule has 0 aliphatic heterocycles. The molecule has 0 fully saturated rings. The summed E-state index contributed by atoms with van der Waals surface area (Å²) in [6.45, 7) is 8.11. The van der Waals surface area contributed by atoms with Gasteiger partial charge in [0, 0.05) is 19.5 Å². The monoisotopic (exact) mass is 540 g/mol. The van der Waals surface area contributed by atoms with Crippen molar-refractivity contribution in [2.75, 3.05) is 23.3 Å². The maximum absolute atomic E-state index is 13.1. The Kier molecular flexibility index (Phi) is 9.78. The second kappa shape index (κ2) is 12.8. The van der Waals surface area contributed by atoms with E-state index in [4.69, 9.17) is 0 Å². The minimum Gasteiger partial charge on any atom is -0.478 e. The van der Waals surface area contributed by atoms with Crippen LogP contribution in [0.2, 0.25) is 0 Å². The van der Waals surface area contributed by atoms with Gasteiger partial charge in [-0.05, 0) is 53.6 Å². The minimum atomic E-state index is -4.28. The molecule has 3 aromatic carbocycles. The molecule has 0 spiro atoms. The molecule has 208 valence electrons. The average molecular weight is 541 g/mol. The number of anilines is 2. The zero-order valence-corrected chi connectivity index (χ0v) is 22.7. The number of nitrogens with zero attached hydrogens (tertiary/aromatic N) is 1. The Labute approximate surface area is 227 Å². The molecule has 0 bridgehead atoms. The van der Waals surface area contributed by atoms with Crippen molar-refractivity contribution in [1.29, 1.82) is 0 Å². The molecular formula is C31H35F3N2O3. The number of aromatic carboxylic acids is 1. The van der Waals surface area contributed by atoms with Crippen molar-refractivity contribution in [2.24, 2.45) is 11.8 Å². The Morgan fingerprint density at radius 3 is 2.23 bits per heavy atom. The lowest BCUT2D eigenvalue weighted by Crippen LogP contribution is -2.34. The van der Waals surface area contributed by atoms with Crippen molar-refractivity contribution in [3.8, 4) is 11.1 Å². The Morgan fingerprint density at radius 1 is 0.949 bits per heavy atom. The fraction of sp³-hybridized carbons (Fsp3) is 0.355. The zero-order valence-electron chi connectivity index (χ0n) is 22.7. The Bertz CT molecular complexity index is 1290. The van der Waals surface area contributed by atoms with Gasteiger partial charge in [-0.2, -0.15) is 13.2 Å². The molecule has 2 N–H and O–H groups in total. The van der Waals surface area contributed by atoms with Crippen LogP contribution in [0.5, 0.6) is 0 Å². The van der Waals surface area contributed by atoms with Crippen LogP contribution in [-0.4, -0.2) is 36.2 Å². The van der Waals surface area contributed by atoms with Gasteiger partial charge in [-0.25, -0.2) is 4.79 Å². The van der Waals surface area contributed by atoms with Gasteiger partial charge >= 0.3 is 12.1 Å². The number of alkyl halides is 3. The zero-order chi connectivity index (χ0) is 28.7. The molecule has 0 aromatic heterocycles. The van der Waals surface area contributed by atoms with Crippen molar-refractivity contribution in [3.63, 3.8) is 0 Å². The summed E-state index contributed by atoms with van der Waals surface area (Å²) in [5, 5.41) is 12.6. The van der Waals surface area contributed by atoms with E-state index in [1.165, 1.54) is 6.07 Å². The van der Waals surface area contributed by atoms with E-state index < -0.39 is 24.5 Å². The predicted octanol–water partition coefficient (Wildman–Crippen LogP) is 7.59. The van der Waals surface area contributed by atoms with E-state index in [1.807, 2.05) is 49.9 Å². The molecule has 0 aliphatic carbocycles. The number of aryl methyl sites for hydroxylation is 1. The molecule has 3 rings (SSSR count). The van der Waals surface area contributed by atoms with Gasteiger partial charge in [-0.1, -0.05) is 74.9 Å². The third kappa shape index (κ3) is 8.87. The number of carbonyl (C=O) groups is 2. The highest BCUT2D eigenvalue weighted by molar-refractivity contribution is 5.99. The van der Waals surface area contributed by atoms with E-state index in [2.05, 4.69) is 5.32 Å². The summed E-state index contributed by atoms with van der Waals surface area (Å²) >= 11 is 0. The number of carboxylic acid groups (broad SMARTS) is 1. The van der Waals surface area contributed by atoms with Crippen LogP contribution in [-0.2, 0) is 11.2 Å². The maximum atomic E-state index is 13.1. The van der Waals surface area contributed by atoms with Crippen LogP contribution in [0.25, 0.3) is 11.1 Å². The highest BCUT2D eigenvalue weighted by Gasteiger charge is 2.31. The van der Waals surface area contributed by atoms with E-state index in [-0.39, 0.29) is 30.4 Å². The Hall–Kier alpha value is -3.81. The molecule has 0 saturated carbocycles. The van der Waals surface area contributed by atoms with Crippen molar-refractivity contribution in [1.82, 2.24) is 0 Å². The smallest absolute Gasteiger partial charge is 0.389 e. The number of amides is 1. The van der Waals surface area contributed by atoms with Crippen molar-refractivity contribution in [3.05, 3.63) is 83.4 Å². The largest absolute Gasteiger partial charge is 0.478 e. The molecule has 0 heterocycles. The molecule has 8 heteroatoms. The number of carbonyl (C=O) groups excluding carboxylic acids is 1. The number of benzene rings is 3. The molecule has 1 atom stereocenters. The van der Waals surface area contributed by atoms with Gasteiger partial charge < -0.3 is 15.3 Å². The SMILES string of the molecule is Cc1ccc(CC(=O)Nc2cc(-c3ccccc3C(=O)O)ccc2N(CC(C)C)CC(C)CC(F)(F)F)cc1. The molecule has 0 saturated heterocycles. The molecular weight excluding hydrogens is 505 g/mol. The first kappa shape index (κ1) is 29.7. The van der Waals surface area contributed by atoms with Gasteiger partial charge in [-0.3, -0.25) is 4.79 Å². The van der Waals surface area contributed by atoms with Crippen molar-refractivity contribution >= 4 is 23.3 Å². The summed E-state index contributed by atoms with van der Waals surface area (Å²) in [5.41, 5.74) is 4.08. The average Bonchev–Trinajstić information content (AvgIpc) is 2.83. The van der Waals surface area contributed by atoms with Gasteiger partial charge in [0.2, 0.25) is 5.91 Å². The summed E-state index contributed by atoms with van der Waals surface area (Å²) in [6, 6.07) is 19.3.